The number of benzene rings is 1. The molecule has 1 fully saturated rings. The number of hydrogen-bond acceptors (Lipinski definition) is 3. The van der Waals surface area contributed by atoms with Crippen molar-refractivity contribution >= 4 is 11.0 Å². The van der Waals surface area contributed by atoms with Crippen LogP contribution >= 0.6 is 0 Å². The molecule has 1 N–H and O–H groups in total. The smallest absolute Gasteiger partial charge is 0.124 e. The Morgan fingerprint density at radius 2 is 2.10 bits per heavy atom. The summed E-state index contributed by atoms with van der Waals surface area (Å²) in [7, 11) is 0. The Labute approximate surface area is 119 Å². The van der Waals surface area contributed by atoms with Gasteiger partial charge in [-0.2, -0.15) is 5.26 Å². The van der Waals surface area contributed by atoms with Crippen LogP contribution < -0.4 is 5.32 Å². The van der Waals surface area contributed by atoms with Gasteiger partial charge in [0.15, 0.2) is 0 Å². The molecule has 3 rings (SSSR count). The first-order valence-electron chi connectivity index (χ1n) is 7.40. The molecule has 1 aliphatic heterocycles. The Hall–Kier alpha value is -1.86. The van der Waals surface area contributed by atoms with E-state index in [4.69, 9.17) is 5.26 Å². The molecule has 0 saturated carbocycles. The van der Waals surface area contributed by atoms with Crippen molar-refractivity contribution in [1.82, 2.24) is 14.9 Å². The zero-order valence-electron chi connectivity index (χ0n) is 11.7. The van der Waals surface area contributed by atoms with Gasteiger partial charge >= 0.3 is 0 Å². The first kappa shape index (κ1) is 13.1. The van der Waals surface area contributed by atoms with Gasteiger partial charge in [0.05, 0.1) is 23.5 Å². The Morgan fingerprint density at radius 1 is 1.30 bits per heavy atom. The van der Waals surface area contributed by atoms with Crippen LogP contribution in [0.1, 0.15) is 25.1 Å². The van der Waals surface area contributed by atoms with Gasteiger partial charge in [-0.05, 0) is 50.4 Å². The molecule has 1 aromatic heterocycles. The third-order valence-corrected chi connectivity index (χ3v) is 4.19. The minimum Gasteiger partial charge on any atom is -0.327 e. The Bertz CT molecular complexity index is 617. The highest BCUT2D eigenvalue weighted by atomic mass is 15.1. The van der Waals surface area contributed by atoms with Crippen molar-refractivity contribution in [3.63, 3.8) is 0 Å². The van der Waals surface area contributed by atoms with E-state index in [1.54, 1.807) is 0 Å². The standard InChI is InChI=1S/C16H20N4/c17-9-5-16-19-14-3-1-2-4-15(14)20(16)12-8-13-6-10-18-11-7-13/h1-4,13,18H,5-8,10-12H2. The van der Waals surface area contributed by atoms with Crippen LogP contribution in [0.4, 0.5) is 0 Å². The van der Waals surface area contributed by atoms with E-state index in [1.165, 1.54) is 19.3 Å². The number of nitriles is 1. The fraction of sp³-hybridized carbons (Fsp3) is 0.500. The summed E-state index contributed by atoms with van der Waals surface area (Å²) in [5.74, 6) is 1.70. The van der Waals surface area contributed by atoms with E-state index in [2.05, 4.69) is 27.0 Å². The molecule has 0 atom stereocenters. The van der Waals surface area contributed by atoms with Gasteiger partial charge in [0, 0.05) is 6.54 Å². The van der Waals surface area contributed by atoms with Crippen molar-refractivity contribution in [1.29, 1.82) is 5.26 Å². The molecule has 4 heteroatoms. The van der Waals surface area contributed by atoms with Crippen molar-refractivity contribution in [2.75, 3.05) is 13.1 Å². The summed E-state index contributed by atoms with van der Waals surface area (Å²) in [6, 6.07) is 10.4. The molecular weight excluding hydrogens is 248 g/mol. The highest BCUT2D eigenvalue weighted by Crippen LogP contribution is 2.21. The van der Waals surface area contributed by atoms with Gasteiger partial charge in [-0.15, -0.1) is 0 Å². The number of imidazole rings is 1. The Kier molecular flexibility index (Phi) is 3.98. The minimum atomic E-state index is 0.390. The fourth-order valence-electron chi connectivity index (χ4n) is 3.06. The van der Waals surface area contributed by atoms with Gasteiger partial charge in [0.25, 0.3) is 0 Å². The molecule has 104 valence electrons. The molecular formula is C16H20N4. The highest BCUT2D eigenvalue weighted by molar-refractivity contribution is 5.75. The van der Waals surface area contributed by atoms with Crippen LogP contribution in [-0.2, 0) is 13.0 Å². The Balaban J connectivity index is 1.81. The number of fused-ring (bicyclic) bond motifs is 1. The van der Waals surface area contributed by atoms with Gasteiger partial charge in [-0.25, -0.2) is 4.98 Å². The number of hydrogen-bond donors (Lipinski definition) is 1. The molecule has 0 aliphatic carbocycles. The summed E-state index contributed by atoms with van der Waals surface area (Å²) in [6.45, 7) is 3.25. The van der Waals surface area contributed by atoms with Crippen molar-refractivity contribution in [3.05, 3.63) is 30.1 Å². The zero-order valence-corrected chi connectivity index (χ0v) is 11.7. The van der Waals surface area contributed by atoms with Gasteiger partial charge in [0.2, 0.25) is 0 Å². The summed E-state index contributed by atoms with van der Waals surface area (Å²) in [5.41, 5.74) is 2.16. The lowest BCUT2D eigenvalue weighted by Gasteiger charge is -2.23. The number of nitrogens with zero attached hydrogens (tertiary/aromatic N) is 3. The normalized spacial score (nSPS) is 16.4. The van der Waals surface area contributed by atoms with Gasteiger partial charge in [-0.3, -0.25) is 0 Å². The number of rotatable bonds is 4. The van der Waals surface area contributed by atoms with Crippen LogP contribution in [0.2, 0.25) is 0 Å². The Morgan fingerprint density at radius 3 is 2.90 bits per heavy atom. The molecule has 0 amide bonds. The number of aromatic nitrogens is 2. The van der Waals surface area contributed by atoms with Gasteiger partial charge < -0.3 is 9.88 Å². The van der Waals surface area contributed by atoms with E-state index in [0.717, 1.165) is 42.4 Å². The fourth-order valence-corrected chi connectivity index (χ4v) is 3.06. The summed E-state index contributed by atoms with van der Waals surface area (Å²) < 4.78 is 2.24. The summed E-state index contributed by atoms with van der Waals surface area (Å²) >= 11 is 0. The van der Waals surface area contributed by atoms with E-state index in [-0.39, 0.29) is 0 Å². The van der Waals surface area contributed by atoms with E-state index in [0.29, 0.717) is 6.42 Å². The molecule has 4 nitrogen and oxygen atoms in total. The molecule has 20 heavy (non-hydrogen) atoms. The maximum absolute atomic E-state index is 8.97. The first-order valence-corrected chi connectivity index (χ1v) is 7.40. The largest absolute Gasteiger partial charge is 0.327 e. The van der Waals surface area contributed by atoms with Gasteiger partial charge in [0.1, 0.15) is 5.82 Å². The molecule has 1 aliphatic rings. The quantitative estimate of drug-likeness (QED) is 0.927. The molecule has 0 bridgehead atoms. The van der Waals surface area contributed by atoms with Gasteiger partial charge in [-0.1, -0.05) is 12.1 Å². The van der Waals surface area contributed by atoms with Crippen LogP contribution in [-0.4, -0.2) is 22.6 Å². The number of nitrogens with one attached hydrogen (secondary N) is 1. The third-order valence-electron chi connectivity index (χ3n) is 4.19. The van der Waals surface area contributed by atoms with E-state index in [9.17, 15) is 0 Å². The maximum atomic E-state index is 8.97. The predicted molar refractivity (Wildman–Crippen MR) is 79.3 cm³/mol. The summed E-state index contributed by atoms with van der Waals surface area (Å²) in [6.07, 6.45) is 4.10. The molecule has 0 unspecified atom stereocenters. The van der Waals surface area contributed by atoms with Crippen molar-refractivity contribution < 1.29 is 0 Å². The minimum absolute atomic E-state index is 0.390. The van der Waals surface area contributed by atoms with Crippen molar-refractivity contribution in [3.8, 4) is 6.07 Å². The second kappa shape index (κ2) is 6.06. The van der Waals surface area contributed by atoms with Crippen LogP contribution in [0.15, 0.2) is 24.3 Å². The molecule has 0 radical (unpaired) electrons. The summed E-state index contributed by atoms with van der Waals surface area (Å²) in [4.78, 5) is 4.59. The molecule has 2 aromatic rings. The maximum Gasteiger partial charge on any atom is 0.124 e. The molecule has 0 spiro atoms. The number of para-hydroxylation sites is 2. The second-order valence-corrected chi connectivity index (χ2v) is 5.49. The van der Waals surface area contributed by atoms with Crippen LogP contribution in [0.25, 0.3) is 11.0 Å². The SMILES string of the molecule is N#CCc1nc2ccccc2n1CCC1CCNCC1. The van der Waals surface area contributed by atoms with Crippen molar-refractivity contribution in [2.45, 2.75) is 32.2 Å². The first-order chi connectivity index (χ1) is 9.88. The summed E-state index contributed by atoms with van der Waals surface area (Å²) in [5, 5.41) is 12.4. The lowest BCUT2D eigenvalue weighted by molar-refractivity contribution is 0.338. The molecule has 1 aromatic carbocycles. The van der Waals surface area contributed by atoms with Crippen molar-refractivity contribution in [2.24, 2.45) is 5.92 Å². The zero-order chi connectivity index (χ0) is 13.8. The van der Waals surface area contributed by atoms with Crippen LogP contribution in [0.5, 0.6) is 0 Å². The lowest BCUT2D eigenvalue weighted by Crippen LogP contribution is -2.28. The van der Waals surface area contributed by atoms with E-state index in [1.807, 2.05) is 18.2 Å². The monoisotopic (exact) mass is 268 g/mol. The number of aryl methyl sites for hydroxylation is 1. The van der Waals surface area contributed by atoms with E-state index < -0.39 is 0 Å². The van der Waals surface area contributed by atoms with Crippen LogP contribution in [0.3, 0.4) is 0 Å². The molecule has 2 heterocycles. The van der Waals surface area contributed by atoms with E-state index >= 15 is 0 Å². The second-order valence-electron chi connectivity index (χ2n) is 5.49. The predicted octanol–water partition coefficient (Wildman–Crippen LogP) is 2.49. The average Bonchev–Trinajstić information content (AvgIpc) is 2.84. The average molecular weight is 268 g/mol. The van der Waals surface area contributed by atoms with Crippen LogP contribution in [0, 0.1) is 17.2 Å². The topological polar surface area (TPSA) is 53.6 Å². The number of piperidine rings is 1. The third kappa shape index (κ3) is 2.68. The lowest BCUT2D eigenvalue weighted by atomic mass is 9.95. The molecule has 1 saturated heterocycles. The highest BCUT2D eigenvalue weighted by Gasteiger charge is 2.15.